The first-order valence-electron chi connectivity index (χ1n) is 18.8. The third kappa shape index (κ3) is 13.7. The van der Waals surface area contributed by atoms with E-state index in [0.29, 0.717) is 28.7 Å². The minimum atomic E-state index is -1.61. The normalized spacial score (nSPS) is 12.6. The molecule has 5 aromatic carbocycles. The summed E-state index contributed by atoms with van der Waals surface area (Å²) in [5.74, 6) is -3.29. The lowest BCUT2D eigenvalue weighted by atomic mass is 10.1. The van der Waals surface area contributed by atoms with Gasteiger partial charge in [-0.3, -0.25) is 28.8 Å². The van der Waals surface area contributed by atoms with Crippen molar-refractivity contribution in [1.82, 2.24) is 0 Å². The molecule has 0 aromatic heterocycles. The molecular formula is C44H37Cl5N8O6. The average molecular weight is 951 g/mol. The molecule has 5 aromatic rings. The van der Waals surface area contributed by atoms with E-state index >= 15 is 0 Å². The Kier molecular flexibility index (Phi) is 17.0. The van der Waals surface area contributed by atoms with Gasteiger partial charge in [0, 0.05) is 55.7 Å². The van der Waals surface area contributed by atoms with Crippen molar-refractivity contribution in [2.45, 2.75) is 50.0 Å². The van der Waals surface area contributed by atoms with Gasteiger partial charge in [-0.2, -0.15) is 20.5 Å². The van der Waals surface area contributed by atoms with Crippen molar-refractivity contribution in [3.63, 3.8) is 0 Å². The van der Waals surface area contributed by atoms with Crippen LogP contribution in [0, 0.1) is 0 Å². The number of benzene rings is 5. The van der Waals surface area contributed by atoms with Gasteiger partial charge in [0.25, 0.3) is 23.6 Å². The molecular weight excluding hydrogens is 914 g/mol. The predicted octanol–water partition coefficient (Wildman–Crippen LogP) is 11.6. The molecule has 4 N–H and O–H groups in total. The van der Waals surface area contributed by atoms with Gasteiger partial charge in [0.05, 0.1) is 16.8 Å². The first kappa shape index (κ1) is 48.0. The summed E-state index contributed by atoms with van der Waals surface area (Å²) < 4.78 is 0. The fourth-order valence-corrected chi connectivity index (χ4v) is 6.66. The Morgan fingerprint density at radius 1 is 0.540 bits per heavy atom. The molecule has 19 heteroatoms. The van der Waals surface area contributed by atoms with Crippen molar-refractivity contribution in [1.29, 1.82) is 0 Å². The largest absolute Gasteiger partial charge is 0.324 e. The monoisotopic (exact) mass is 948 g/mol. The third-order valence-corrected chi connectivity index (χ3v) is 10.2. The summed E-state index contributed by atoms with van der Waals surface area (Å²) in [6, 6.07) is 23.5. The number of hydrogen-bond acceptors (Lipinski definition) is 10. The van der Waals surface area contributed by atoms with Gasteiger partial charge in [-0.25, -0.2) is 0 Å². The van der Waals surface area contributed by atoms with E-state index in [2.05, 4.69) is 41.7 Å². The Labute approximate surface area is 386 Å². The molecule has 0 saturated heterocycles. The number of anilines is 4. The fourth-order valence-electron chi connectivity index (χ4n) is 5.67. The van der Waals surface area contributed by atoms with Crippen LogP contribution in [0.5, 0.6) is 0 Å². The van der Waals surface area contributed by atoms with Gasteiger partial charge in [-0.15, -0.1) is 34.8 Å². The maximum Gasteiger partial charge on any atom is 0.258 e. The highest BCUT2D eigenvalue weighted by Gasteiger charge is 2.27. The summed E-state index contributed by atoms with van der Waals surface area (Å²) in [5, 5.41) is 26.4. The minimum Gasteiger partial charge on any atom is -0.324 e. The highest BCUT2D eigenvalue weighted by molar-refractivity contribution is 6.32. The van der Waals surface area contributed by atoms with Crippen molar-refractivity contribution >= 4 is 127 Å². The molecule has 3 unspecified atom stereocenters. The van der Waals surface area contributed by atoms with Gasteiger partial charge in [0.15, 0.2) is 11.6 Å². The highest BCUT2D eigenvalue weighted by atomic mass is 35.5. The first-order valence-corrected chi connectivity index (χ1v) is 21.1. The second kappa shape index (κ2) is 22.4. The van der Waals surface area contributed by atoms with Gasteiger partial charge >= 0.3 is 0 Å². The third-order valence-electron chi connectivity index (χ3n) is 8.87. The van der Waals surface area contributed by atoms with Crippen molar-refractivity contribution in [2.75, 3.05) is 21.3 Å². The predicted molar refractivity (Wildman–Crippen MR) is 247 cm³/mol. The van der Waals surface area contributed by atoms with E-state index in [1.807, 2.05) is 0 Å². The molecule has 0 aliphatic rings. The molecule has 0 aliphatic carbocycles. The Morgan fingerprint density at radius 2 is 0.952 bits per heavy atom. The maximum atomic E-state index is 13.4. The minimum absolute atomic E-state index is 0.105. The molecule has 5 rings (SSSR count). The lowest BCUT2D eigenvalue weighted by Gasteiger charge is -2.17. The lowest BCUT2D eigenvalue weighted by Crippen LogP contribution is -2.32. The van der Waals surface area contributed by atoms with E-state index in [0.717, 1.165) is 25.0 Å². The standard InChI is InChI=1S/C44H37Cl5N8O6/c1-23(47)37-20-34(52-43(62)39(24(2)58)56-54-35-16-28(14-30(48)18-35)41(60)50-32-8-4-26(21-45)5-9-32)12-13-38(37)53-44(63)40(25(3)59)57-55-36-17-29(15-31(49)19-36)42(61)51-33-10-6-27(22-46)7-11-33/h4-20,23,39-40H,21-22H2,1-3H3,(H,50,60)(H,51,61)(H,52,62)(H,53,63). The number of carbonyl (C=O) groups excluding carboxylic acids is 6. The van der Waals surface area contributed by atoms with E-state index < -0.39 is 52.7 Å². The first-order chi connectivity index (χ1) is 30.0. The molecule has 14 nitrogen and oxygen atoms in total. The molecule has 0 aliphatic heterocycles. The summed E-state index contributed by atoms with van der Waals surface area (Å²) in [6.45, 7) is 3.94. The van der Waals surface area contributed by atoms with Crippen LogP contribution in [-0.4, -0.2) is 47.3 Å². The highest BCUT2D eigenvalue weighted by Crippen LogP contribution is 2.32. The Bertz CT molecular complexity index is 2610. The zero-order valence-corrected chi connectivity index (χ0v) is 37.4. The molecule has 63 heavy (non-hydrogen) atoms. The van der Waals surface area contributed by atoms with Crippen LogP contribution in [0.3, 0.4) is 0 Å². The second-order valence-corrected chi connectivity index (χ2v) is 15.9. The summed E-state index contributed by atoms with van der Waals surface area (Å²) in [6.07, 6.45) is 0. The number of Topliss-reactive ketones (excluding diaryl/α,β-unsaturated/α-hetero) is 2. The number of ketones is 2. The van der Waals surface area contributed by atoms with Crippen molar-refractivity contribution < 1.29 is 28.8 Å². The number of halogens is 5. The molecule has 0 bridgehead atoms. The maximum absolute atomic E-state index is 13.4. The summed E-state index contributed by atoms with van der Waals surface area (Å²) in [4.78, 5) is 78.0. The molecule has 0 heterocycles. The zero-order valence-electron chi connectivity index (χ0n) is 33.6. The molecule has 3 atom stereocenters. The summed E-state index contributed by atoms with van der Waals surface area (Å²) in [7, 11) is 0. The number of amides is 4. The van der Waals surface area contributed by atoms with E-state index in [4.69, 9.17) is 58.0 Å². The van der Waals surface area contributed by atoms with Crippen LogP contribution >= 0.6 is 58.0 Å². The number of azo groups is 2. The van der Waals surface area contributed by atoms with E-state index in [9.17, 15) is 28.8 Å². The van der Waals surface area contributed by atoms with E-state index in [-0.39, 0.29) is 43.9 Å². The van der Waals surface area contributed by atoms with Gasteiger partial charge < -0.3 is 21.3 Å². The second-order valence-electron chi connectivity index (χ2n) is 13.8. The van der Waals surface area contributed by atoms with Crippen LogP contribution in [-0.2, 0) is 30.9 Å². The number of hydrogen-bond donors (Lipinski definition) is 4. The van der Waals surface area contributed by atoms with Crippen LogP contribution in [0.25, 0.3) is 0 Å². The van der Waals surface area contributed by atoms with Crippen LogP contribution in [0.4, 0.5) is 34.1 Å². The summed E-state index contributed by atoms with van der Waals surface area (Å²) >= 11 is 30.7. The van der Waals surface area contributed by atoms with Gasteiger partial charge in [-0.1, -0.05) is 47.5 Å². The van der Waals surface area contributed by atoms with Gasteiger partial charge in [0.1, 0.15) is 0 Å². The Balaban J connectivity index is 1.27. The molecule has 4 amide bonds. The number of carbonyl (C=O) groups is 6. The average Bonchev–Trinajstić information content (AvgIpc) is 3.24. The van der Waals surface area contributed by atoms with Crippen molar-refractivity contribution in [3.05, 3.63) is 141 Å². The quantitative estimate of drug-likeness (QED) is 0.0406. The number of nitrogens with zero attached hydrogens (tertiary/aromatic N) is 4. The molecule has 324 valence electrons. The topological polar surface area (TPSA) is 200 Å². The lowest BCUT2D eigenvalue weighted by molar-refractivity contribution is -0.127. The number of alkyl halides is 3. The molecule has 0 fully saturated rings. The van der Waals surface area contributed by atoms with Crippen LogP contribution in [0.1, 0.15) is 63.6 Å². The van der Waals surface area contributed by atoms with Gasteiger partial charge in [0.2, 0.25) is 12.1 Å². The zero-order chi connectivity index (χ0) is 45.8. The van der Waals surface area contributed by atoms with Crippen LogP contribution in [0.15, 0.2) is 124 Å². The fraction of sp³-hybridized carbons (Fsp3) is 0.182. The molecule has 0 saturated carbocycles. The number of nitrogens with one attached hydrogen (secondary N) is 4. The van der Waals surface area contributed by atoms with Gasteiger partial charge in [-0.05, 0) is 116 Å². The van der Waals surface area contributed by atoms with Crippen LogP contribution in [0.2, 0.25) is 10.0 Å². The SMILES string of the molecule is CC(=O)C(N=Nc1cc(Cl)cc(C(=O)Nc2ccc(CCl)cc2)c1)C(=O)Nc1ccc(NC(=O)C(N=Nc2cc(Cl)cc(C(=O)Nc3ccc(CCl)cc3)c2)C(C)=O)c(C(C)Cl)c1. The van der Waals surface area contributed by atoms with E-state index in [1.54, 1.807) is 55.5 Å². The smallest absolute Gasteiger partial charge is 0.258 e. The molecule has 0 radical (unpaired) electrons. The number of rotatable bonds is 17. The Morgan fingerprint density at radius 3 is 1.35 bits per heavy atom. The Hall–Kier alpha value is -6.03. The van der Waals surface area contributed by atoms with Crippen molar-refractivity contribution in [2.24, 2.45) is 20.5 Å². The van der Waals surface area contributed by atoms with Crippen LogP contribution < -0.4 is 21.3 Å². The van der Waals surface area contributed by atoms with Crippen molar-refractivity contribution in [3.8, 4) is 0 Å². The molecule has 0 spiro atoms. The van der Waals surface area contributed by atoms with E-state index in [1.165, 1.54) is 54.6 Å². The summed E-state index contributed by atoms with van der Waals surface area (Å²) in [5.41, 5.74) is 4.03.